The van der Waals surface area contributed by atoms with Gasteiger partial charge in [-0.3, -0.25) is 14.0 Å². The van der Waals surface area contributed by atoms with E-state index >= 15 is 0 Å². The first-order chi connectivity index (χ1) is 14.9. The van der Waals surface area contributed by atoms with Gasteiger partial charge in [-0.15, -0.1) is 0 Å². The standard InChI is InChI=1S/C22H28ClN3O4S/c1-18-6-8-21(9-7-18)31(28,29)26(20-5-2-4-19(23)16-20)17-22(27)24-10-3-11-25-12-14-30-15-13-25/h2,4-9,16H,3,10-15,17H2,1H3,(H,24,27). The number of aryl methyl sites for hydroxylation is 1. The van der Waals surface area contributed by atoms with Crippen LogP contribution < -0.4 is 9.62 Å². The molecule has 1 fully saturated rings. The second-order valence-electron chi connectivity index (χ2n) is 7.46. The van der Waals surface area contributed by atoms with Crippen molar-refractivity contribution in [2.24, 2.45) is 0 Å². The molecule has 31 heavy (non-hydrogen) atoms. The number of anilines is 1. The van der Waals surface area contributed by atoms with E-state index in [1.54, 1.807) is 48.5 Å². The Morgan fingerprint density at radius 2 is 1.87 bits per heavy atom. The van der Waals surface area contributed by atoms with Gasteiger partial charge in [0.15, 0.2) is 0 Å². The first-order valence-electron chi connectivity index (χ1n) is 10.3. The van der Waals surface area contributed by atoms with Crippen LogP contribution in [0, 0.1) is 6.92 Å². The van der Waals surface area contributed by atoms with Crippen molar-refractivity contribution in [3.8, 4) is 0 Å². The van der Waals surface area contributed by atoms with Crippen molar-refractivity contribution in [2.45, 2.75) is 18.2 Å². The van der Waals surface area contributed by atoms with Crippen molar-refractivity contribution in [3.63, 3.8) is 0 Å². The number of halogens is 1. The van der Waals surface area contributed by atoms with Crippen molar-refractivity contribution in [2.75, 3.05) is 50.2 Å². The van der Waals surface area contributed by atoms with Gasteiger partial charge in [-0.25, -0.2) is 8.42 Å². The number of amides is 1. The fraction of sp³-hybridized carbons (Fsp3) is 0.409. The summed E-state index contributed by atoms with van der Waals surface area (Å²) in [6.45, 7) is 6.16. The summed E-state index contributed by atoms with van der Waals surface area (Å²) in [5.74, 6) is -0.363. The summed E-state index contributed by atoms with van der Waals surface area (Å²) in [5.41, 5.74) is 1.29. The molecule has 0 bridgehead atoms. The second kappa shape index (κ2) is 10.9. The van der Waals surface area contributed by atoms with Crippen LogP contribution in [0.4, 0.5) is 5.69 Å². The van der Waals surface area contributed by atoms with E-state index in [4.69, 9.17) is 16.3 Å². The fourth-order valence-corrected chi connectivity index (χ4v) is 4.92. The maximum atomic E-state index is 13.3. The topological polar surface area (TPSA) is 79.0 Å². The smallest absolute Gasteiger partial charge is 0.264 e. The summed E-state index contributed by atoms with van der Waals surface area (Å²) in [7, 11) is -3.94. The third-order valence-corrected chi connectivity index (χ3v) is 7.09. The van der Waals surface area contributed by atoms with Crippen LogP contribution in [-0.4, -0.2) is 65.2 Å². The Bertz CT molecular complexity index is 977. The van der Waals surface area contributed by atoms with Crippen LogP contribution in [0.2, 0.25) is 5.02 Å². The van der Waals surface area contributed by atoms with E-state index in [1.165, 1.54) is 0 Å². The van der Waals surface area contributed by atoms with E-state index in [2.05, 4.69) is 10.2 Å². The Hall–Kier alpha value is -2.13. The number of hydrogen-bond acceptors (Lipinski definition) is 5. The molecular formula is C22H28ClN3O4S. The Morgan fingerprint density at radius 1 is 1.16 bits per heavy atom. The molecule has 168 valence electrons. The average Bonchev–Trinajstić information content (AvgIpc) is 2.76. The van der Waals surface area contributed by atoms with Crippen LogP contribution in [0.25, 0.3) is 0 Å². The van der Waals surface area contributed by atoms with Crippen LogP contribution in [0.15, 0.2) is 53.4 Å². The highest BCUT2D eigenvalue weighted by Crippen LogP contribution is 2.26. The number of sulfonamides is 1. The Kier molecular flexibility index (Phi) is 8.31. The molecule has 1 aliphatic heterocycles. The molecular weight excluding hydrogens is 438 g/mol. The first-order valence-corrected chi connectivity index (χ1v) is 12.1. The highest BCUT2D eigenvalue weighted by Gasteiger charge is 2.27. The monoisotopic (exact) mass is 465 g/mol. The van der Waals surface area contributed by atoms with E-state index in [1.807, 2.05) is 6.92 Å². The van der Waals surface area contributed by atoms with Crippen molar-refractivity contribution >= 4 is 33.2 Å². The number of hydrogen-bond donors (Lipinski definition) is 1. The van der Waals surface area contributed by atoms with Crippen molar-refractivity contribution < 1.29 is 17.9 Å². The van der Waals surface area contributed by atoms with E-state index in [-0.39, 0.29) is 17.3 Å². The van der Waals surface area contributed by atoms with Crippen LogP contribution in [0.5, 0.6) is 0 Å². The van der Waals surface area contributed by atoms with Gasteiger partial charge in [0, 0.05) is 24.7 Å². The summed E-state index contributed by atoms with van der Waals surface area (Å²) in [6, 6.07) is 13.0. The summed E-state index contributed by atoms with van der Waals surface area (Å²) < 4.78 is 33.1. The highest BCUT2D eigenvalue weighted by molar-refractivity contribution is 7.92. The normalized spacial score (nSPS) is 14.9. The van der Waals surface area contributed by atoms with Gasteiger partial charge >= 0.3 is 0 Å². The summed E-state index contributed by atoms with van der Waals surface area (Å²) in [6.07, 6.45) is 0.785. The molecule has 0 unspecified atom stereocenters. The lowest BCUT2D eigenvalue weighted by molar-refractivity contribution is -0.119. The largest absolute Gasteiger partial charge is 0.379 e. The van der Waals surface area contributed by atoms with Gasteiger partial charge in [-0.05, 0) is 50.2 Å². The van der Waals surface area contributed by atoms with Crippen LogP contribution in [0.3, 0.4) is 0 Å². The SMILES string of the molecule is Cc1ccc(S(=O)(=O)N(CC(=O)NCCCN2CCOCC2)c2cccc(Cl)c2)cc1. The summed E-state index contributed by atoms with van der Waals surface area (Å²) in [5, 5.41) is 3.23. The molecule has 0 spiro atoms. The van der Waals surface area contributed by atoms with Gasteiger partial charge in [0.25, 0.3) is 10.0 Å². The maximum absolute atomic E-state index is 13.3. The molecule has 1 heterocycles. The molecule has 1 amide bonds. The minimum Gasteiger partial charge on any atom is -0.379 e. The second-order valence-corrected chi connectivity index (χ2v) is 9.76. The minimum absolute atomic E-state index is 0.123. The van der Waals surface area contributed by atoms with Gasteiger partial charge in [-0.2, -0.15) is 0 Å². The van der Waals surface area contributed by atoms with E-state index < -0.39 is 10.0 Å². The predicted octanol–water partition coefficient (Wildman–Crippen LogP) is 2.68. The third kappa shape index (κ3) is 6.67. The van der Waals surface area contributed by atoms with Crippen molar-refractivity contribution in [1.29, 1.82) is 0 Å². The molecule has 0 atom stereocenters. The number of rotatable bonds is 9. The Labute approximate surface area is 189 Å². The predicted molar refractivity (Wildman–Crippen MR) is 122 cm³/mol. The Balaban J connectivity index is 1.68. The lowest BCUT2D eigenvalue weighted by atomic mass is 10.2. The number of ether oxygens (including phenoxy) is 1. The number of morpholine rings is 1. The van der Waals surface area contributed by atoms with Gasteiger partial charge < -0.3 is 10.1 Å². The molecule has 2 aromatic rings. The molecule has 0 aliphatic carbocycles. The van der Waals surface area contributed by atoms with Crippen molar-refractivity contribution in [1.82, 2.24) is 10.2 Å². The van der Waals surface area contributed by atoms with Crippen LogP contribution in [-0.2, 0) is 19.6 Å². The van der Waals surface area contributed by atoms with Crippen LogP contribution in [0.1, 0.15) is 12.0 Å². The molecule has 9 heteroatoms. The quantitative estimate of drug-likeness (QED) is 0.576. The molecule has 7 nitrogen and oxygen atoms in total. The molecule has 0 aromatic heterocycles. The third-order valence-electron chi connectivity index (χ3n) is 5.07. The molecule has 1 saturated heterocycles. The fourth-order valence-electron chi connectivity index (χ4n) is 3.33. The lowest BCUT2D eigenvalue weighted by Gasteiger charge is -2.26. The number of carbonyl (C=O) groups excluding carboxylic acids is 1. The summed E-state index contributed by atoms with van der Waals surface area (Å²) >= 11 is 6.08. The van der Waals surface area contributed by atoms with E-state index in [9.17, 15) is 13.2 Å². The molecule has 3 rings (SSSR count). The number of nitrogens with zero attached hydrogens (tertiary/aromatic N) is 2. The van der Waals surface area contributed by atoms with Gasteiger partial charge in [0.2, 0.25) is 5.91 Å². The molecule has 1 aliphatic rings. The van der Waals surface area contributed by atoms with Crippen molar-refractivity contribution in [3.05, 3.63) is 59.1 Å². The number of benzene rings is 2. The lowest BCUT2D eigenvalue weighted by Crippen LogP contribution is -2.42. The average molecular weight is 466 g/mol. The Morgan fingerprint density at radius 3 is 2.55 bits per heavy atom. The van der Waals surface area contributed by atoms with Gasteiger partial charge in [0.05, 0.1) is 23.8 Å². The maximum Gasteiger partial charge on any atom is 0.264 e. The molecule has 1 N–H and O–H groups in total. The molecule has 0 saturated carbocycles. The zero-order valence-corrected chi connectivity index (χ0v) is 19.2. The molecule has 2 aromatic carbocycles. The highest BCUT2D eigenvalue weighted by atomic mass is 35.5. The van der Waals surface area contributed by atoms with Gasteiger partial charge in [0.1, 0.15) is 6.54 Å². The van der Waals surface area contributed by atoms with E-state index in [0.717, 1.165) is 49.1 Å². The zero-order valence-electron chi connectivity index (χ0n) is 17.6. The van der Waals surface area contributed by atoms with Crippen LogP contribution >= 0.6 is 11.6 Å². The van der Waals surface area contributed by atoms with E-state index in [0.29, 0.717) is 17.3 Å². The minimum atomic E-state index is -3.94. The number of carbonyl (C=O) groups is 1. The summed E-state index contributed by atoms with van der Waals surface area (Å²) in [4.78, 5) is 15.0. The zero-order chi connectivity index (χ0) is 22.3. The molecule has 0 radical (unpaired) electrons. The first kappa shape index (κ1) is 23.5. The number of nitrogens with one attached hydrogen (secondary N) is 1. The van der Waals surface area contributed by atoms with Gasteiger partial charge in [-0.1, -0.05) is 35.4 Å².